The maximum Gasteiger partial charge on any atom is 0.422 e. The van der Waals surface area contributed by atoms with Crippen molar-refractivity contribution < 1.29 is 22.6 Å². The van der Waals surface area contributed by atoms with Crippen molar-refractivity contribution in [2.75, 3.05) is 20.3 Å². The predicted molar refractivity (Wildman–Crippen MR) is 116 cm³/mol. The molecular formula is C19H24F3IN4O2. The summed E-state index contributed by atoms with van der Waals surface area (Å²) < 4.78 is 47.1. The largest absolute Gasteiger partial charge is 0.497 e. The van der Waals surface area contributed by atoms with Crippen LogP contribution in [0.2, 0.25) is 0 Å². The van der Waals surface area contributed by atoms with Gasteiger partial charge in [0.25, 0.3) is 0 Å². The quantitative estimate of drug-likeness (QED) is 0.312. The standard InChI is InChI=1S/C19H23F3N4O2.HI/c1-3-23-18(25-11-14-6-8-16(27-2)9-7-14)26-12-15-5-4-10-24-17(15)28-13-19(20,21)22;/h4-10H,3,11-13H2,1-2H3,(H2,23,25,26);1H. The average Bonchev–Trinajstić information content (AvgIpc) is 2.69. The molecule has 0 bridgehead atoms. The molecule has 0 aliphatic rings. The third-order valence-corrected chi connectivity index (χ3v) is 3.59. The highest BCUT2D eigenvalue weighted by molar-refractivity contribution is 14.0. The van der Waals surface area contributed by atoms with Crippen molar-refractivity contribution in [1.29, 1.82) is 0 Å². The number of aliphatic imine (C=N–C) groups is 1. The molecule has 0 fully saturated rings. The van der Waals surface area contributed by atoms with Crippen molar-refractivity contribution >= 4 is 29.9 Å². The van der Waals surface area contributed by atoms with Crippen LogP contribution in [-0.4, -0.2) is 37.4 Å². The Morgan fingerprint density at radius 3 is 2.48 bits per heavy atom. The number of hydrogen-bond donors (Lipinski definition) is 2. The SMILES string of the molecule is CCNC(=NCc1ccc(OC)cc1)NCc1cccnc1OCC(F)(F)F.I. The van der Waals surface area contributed by atoms with Gasteiger partial charge < -0.3 is 20.1 Å². The Balaban J connectivity index is 0.00000420. The zero-order valence-electron chi connectivity index (χ0n) is 16.1. The number of rotatable bonds is 8. The molecule has 2 rings (SSSR count). The monoisotopic (exact) mass is 524 g/mol. The van der Waals surface area contributed by atoms with E-state index in [9.17, 15) is 13.2 Å². The highest BCUT2D eigenvalue weighted by Crippen LogP contribution is 2.19. The molecule has 0 aliphatic carbocycles. The zero-order chi connectivity index (χ0) is 20.4. The van der Waals surface area contributed by atoms with Gasteiger partial charge in [-0.2, -0.15) is 13.2 Å². The smallest absolute Gasteiger partial charge is 0.422 e. The lowest BCUT2D eigenvalue weighted by atomic mass is 10.2. The van der Waals surface area contributed by atoms with Crippen molar-refractivity contribution in [3.63, 3.8) is 0 Å². The van der Waals surface area contributed by atoms with E-state index in [1.807, 2.05) is 31.2 Å². The number of pyridine rings is 1. The fourth-order valence-corrected chi connectivity index (χ4v) is 2.26. The van der Waals surface area contributed by atoms with Gasteiger partial charge in [0.2, 0.25) is 5.88 Å². The summed E-state index contributed by atoms with van der Waals surface area (Å²) in [5.41, 5.74) is 1.50. The number of halogens is 4. The first-order valence-corrected chi connectivity index (χ1v) is 8.70. The number of nitrogens with one attached hydrogen (secondary N) is 2. The first-order chi connectivity index (χ1) is 13.4. The van der Waals surface area contributed by atoms with Crippen molar-refractivity contribution in [2.24, 2.45) is 4.99 Å². The van der Waals surface area contributed by atoms with E-state index in [1.165, 1.54) is 6.20 Å². The van der Waals surface area contributed by atoms with E-state index in [1.54, 1.807) is 19.2 Å². The highest BCUT2D eigenvalue weighted by atomic mass is 127. The number of methoxy groups -OCH3 is 1. The molecule has 1 heterocycles. The number of aromatic nitrogens is 1. The Hall–Kier alpha value is -2.24. The van der Waals surface area contributed by atoms with E-state index in [0.29, 0.717) is 24.6 Å². The zero-order valence-corrected chi connectivity index (χ0v) is 18.5. The van der Waals surface area contributed by atoms with Crippen molar-refractivity contribution in [3.05, 3.63) is 53.7 Å². The fourth-order valence-electron chi connectivity index (χ4n) is 2.26. The van der Waals surface area contributed by atoms with Crippen LogP contribution in [0.4, 0.5) is 13.2 Å². The van der Waals surface area contributed by atoms with Crippen LogP contribution in [0, 0.1) is 0 Å². The second-order valence-corrected chi connectivity index (χ2v) is 5.77. The molecule has 0 spiro atoms. The summed E-state index contributed by atoms with van der Waals surface area (Å²) in [7, 11) is 1.60. The summed E-state index contributed by atoms with van der Waals surface area (Å²) in [6.07, 6.45) is -3.03. The molecule has 160 valence electrons. The summed E-state index contributed by atoms with van der Waals surface area (Å²) in [5.74, 6) is 1.24. The second-order valence-electron chi connectivity index (χ2n) is 5.77. The Morgan fingerprint density at radius 1 is 1.14 bits per heavy atom. The Kier molecular flexibility index (Phi) is 10.6. The summed E-state index contributed by atoms with van der Waals surface area (Å²) >= 11 is 0. The van der Waals surface area contributed by atoms with E-state index < -0.39 is 12.8 Å². The molecule has 10 heteroatoms. The summed E-state index contributed by atoms with van der Waals surface area (Å²) in [4.78, 5) is 8.36. The van der Waals surface area contributed by atoms with E-state index in [4.69, 9.17) is 9.47 Å². The van der Waals surface area contributed by atoms with Gasteiger partial charge in [0.15, 0.2) is 12.6 Å². The molecule has 0 saturated carbocycles. The molecule has 0 unspecified atom stereocenters. The number of alkyl halides is 3. The summed E-state index contributed by atoms with van der Waals surface area (Å²) in [6, 6.07) is 10.8. The molecule has 0 aliphatic heterocycles. The minimum absolute atomic E-state index is 0. The van der Waals surface area contributed by atoms with Gasteiger partial charge in [-0.05, 0) is 30.7 Å². The molecule has 1 aromatic heterocycles. The van der Waals surface area contributed by atoms with Gasteiger partial charge in [-0.1, -0.05) is 18.2 Å². The van der Waals surface area contributed by atoms with Crippen LogP contribution < -0.4 is 20.1 Å². The second kappa shape index (κ2) is 12.3. The molecule has 1 aromatic carbocycles. The fraction of sp³-hybridized carbons (Fsp3) is 0.368. The molecule has 2 aromatic rings. The van der Waals surface area contributed by atoms with Crippen molar-refractivity contribution in [3.8, 4) is 11.6 Å². The molecule has 0 amide bonds. The Labute approximate surface area is 184 Å². The van der Waals surface area contributed by atoms with Crippen LogP contribution in [0.3, 0.4) is 0 Å². The number of ether oxygens (including phenoxy) is 2. The van der Waals surface area contributed by atoms with Crippen LogP contribution in [0.25, 0.3) is 0 Å². The van der Waals surface area contributed by atoms with Gasteiger partial charge in [0.05, 0.1) is 13.7 Å². The molecule has 2 N–H and O–H groups in total. The Morgan fingerprint density at radius 2 is 1.86 bits per heavy atom. The predicted octanol–water partition coefficient (Wildman–Crippen LogP) is 3.90. The molecular weight excluding hydrogens is 500 g/mol. The highest BCUT2D eigenvalue weighted by Gasteiger charge is 2.29. The van der Waals surface area contributed by atoms with Gasteiger partial charge in [-0.25, -0.2) is 9.98 Å². The van der Waals surface area contributed by atoms with Crippen molar-refractivity contribution in [1.82, 2.24) is 15.6 Å². The van der Waals surface area contributed by atoms with Gasteiger partial charge in [0.1, 0.15) is 5.75 Å². The number of guanidine groups is 1. The van der Waals surface area contributed by atoms with Crippen LogP contribution in [0.5, 0.6) is 11.6 Å². The number of benzene rings is 1. The molecule has 0 radical (unpaired) electrons. The molecule has 0 saturated heterocycles. The van der Waals surface area contributed by atoms with Crippen LogP contribution in [0.1, 0.15) is 18.1 Å². The number of nitrogens with zero attached hydrogens (tertiary/aromatic N) is 2. The molecule has 29 heavy (non-hydrogen) atoms. The van der Waals surface area contributed by atoms with E-state index in [2.05, 4.69) is 20.6 Å². The third-order valence-electron chi connectivity index (χ3n) is 3.59. The van der Waals surface area contributed by atoms with Gasteiger partial charge in [-0.3, -0.25) is 0 Å². The maximum atomic E-state index is 12.4. The van der Waals surface area contributed by atoms with Crippen molar-refractivity contribution in [2.45, 2.75) is 26.2 Å². The Bertz CT molecular complexity index is 771. The lowest BCUT2D eigenvalue weighted by molar-refractivity contribution is -0.154. The topological polar surface area (TPSA) is 67.8 Å². The maximum absolute atomic E-state index is 12.4. The lowest BCUT2D eigenvalue weighted by Crippen LogP contribution is -2.37. The molecule has 0 atom stereocenters. The van der Waals surface area contributed by atoms with Crippen LogP contribution in [-0.2, 0) is 13.1 Å². The van der Waals surface area contributed by atoms with E-state index in [-0.39, 0.29) is 36.4 Å². The van der Waals surface area contributed by atoms with Gasteiger partial charge >= 0.3 is 6.18 Å². The van der Waals surface area contributed by atoms with E-state index >= 15 is 0 Å². The van der Waals surface area contributed by atoms with Crippen LogP contribution >= 0.6 is 24.0 Å². The summed E-state index contributed by atoms with van der Waals surface area (Å²) in [6.45, 7) is 1.83. The molecule has 6 nitrogen and oxygen atoms in total. The third kappa shape index (κ3) is 9.20. The average molecular weight is 524 g/mol. The summed E-state index contributed by atoms with van der Waals surface area (Å²) in [5, 5.41) is 6.17. The first kappa shape index (κ1) is 24.8. The number of hydrogen-bond acceptors (Lipinski definition) is 4. The first-order valence-electron chi connectivity index (χ1n) is 8.70. The minimum atomic E-state index is -4.42. The van der Waals surface area contributed by atoms with Crippen LogP contribution in [0.15, 0.2) is 47.6 Å². The van der Waals surface area contributed by atoms with Gasteiger partial charge in [0, 0.05) is 24.8 Å². The van der Waals surface area contributed by atoms with E-state index in [0.717, 1.165) is 11.3 Å². The minimum Gasteiger partial charge on any atom is -0.497 e. The van der Waals surface area contributed by atoms with Gasteiger partial charge in [-0.15, -0.1) is 24.0 Å². The lowest BCUT2D eigenvalue weighted by Gasteiger charge is -2.14. The normalized spacial score (nSPS) is 11.4.